The van der Waals surface area contributed by atoms with Crippen LogP contribution in [0.5, 0.6) is 5.75 Å². The van der Waals surface area contributed by atoms with E-state index < -0.39 is 0 Å². The largest absolute Gasteiger partial charge is 0.497 e. The molecule has 9 nitrogen and oxygen atoms in total. The van der Waals surface area contributed by atoms with Crippen molar-refractivity contribution in [1.82, 2.24) is 15.1 Å². The number of nitrogens with zero attached hydrogens (tertiary/aromatic N) is 3. The van der Waals surface area contributed by atoms with Gasteiger partial charge in [-0.2, -0.15) is 0 Å². The molecule has 4 rings (SSSR count). The average molecular weight is 438 g/mol. The Morgan fingerprint density at radius 2 is 1.94 bits per heavy atom. The molecule has 0 saturated carbocycles. The van der Waals surface area contributed by atoms with Gasteiger partial charge >= 0.3 is 6.01 Å². The Kier molecular flexibility index (Phi) is 7.31. The second-order valence-corrected chi connectivity index (χ2v) is 7.41. The summed E-state index contributed by atoms with van der Waals surface area (Å²) in [4.78, 5) is 14.8. The van der Waals surface area contributed by atoms with Crippen LogP contribution < -0.4 is 15.4 Å². The minimum absolute atomic E-state index is 0.210. The molecule has 1 saturated heterocycles. The predicted molar refractivity (Wildman–Crippen MR) is 121 cm³/mol. The first kappa shape index (κ1) is 21.8. The first-order valence-corrected chi connectivity index (χ1v) is 10.6. The van der Waals surface area contributed by atoms with Crippen molar-refractivity contribution in [3.05, 3.63) is 54.1 Å². The average Bonchev–Trinajstić information content (AvgIpc) is 3.32. The molecule has 1 aliphatic heterocycles. The van der Waals surface area contributed by atoms with Crippen molar-refractivity contribution in [2.24, 2.45) is 0 Å². The van der Waals surface area contributed by atoms with E-state index in [1.165, 1.54) is 0 Å². The lowest BCUT2D eigenvalue weighted by molar-refractivity contribution is 0.0378. The van der Waals surface area contributed by atoms with Crippen molar-refractivity contribution in [1.29, 1.82) is 0 Å². The number of benzene rings is 2. The molecule has 0 radical (unpaired) electrons. The first-order chi connectivity index (χ1) is 15.7. The van der Waals surface area contributed by atoms with Crippen LogP contribution in [0.25, 0.3) is 11.5 Å². The molecule has 3 aromatic rings. The van der Waals surface area contributed by atoms with E-state index in [4.69, 9.17) is 13.9 Å². The van der Waals surface area contributed by atoms with Gasteiger partial charge in [0.15, 0.2) is 0 Å². The van der Waals surface area contributed by atoms with Gasteiger partial charge in [0.05, 0.1) is 20.3 Å². The Morgan fingerprint density at radius 1 is 1.12 bits per heavy atom. The van der Waals surface area contributed by atoms with E-state index in [9.17, 15) is 4.79 Å². The summed E-state index contributed by atoms with van der Waals surface area (Å²) in [6, 6.07) is 14.7. The number of rotatable bonds is 9. The number of nitrogens with one attached hydrogen (secondary N) is 2. The molecule has 0 spiro atoms. The van der Waals surface area contributed by atoms with Gasteiger partial charge in [0, 0.05) is 36.4 Å². The maximum atomic E-state index is 12.4. The number of ether oxygens (including phenoxy) is 2. The lowest BCUT2D eigenvalue weighted by Gasteiger charge is -2.26. The summed E-state index contributed by atoms with van der Waals surface area (Å²) in [6.07, 6.45) is 0.986. The van der Waals surface area contributed by atoms with Crippen molar-refractivity contribution in [3.8, 4) is 17.2 Å². The molecular formula is C23H27N5O4. The van der Waals surface area contributed by atoms with Crippen LogP contribution in [0.2, 0.25) is 0 Å². The van der Waals surface area contributed by atoms with E-state index in [1.54, 1.807) is 43.5 Å². The number of aromatic nitrogens is 2. The summed E-state index contributed by atoms with van der Waals surface area (Å²) < 4.78 is 16.2. The molecule has 168 valence electrons. The summed E-state index contributed by atoms with van der Waals surface area (Å²) in [5.41, 5.74) is 1.97. The molecule has 2 N–H and O–H groups in total. The van der Waals surface area contributed by atoms with Crippen LogP contribution in [0.4, 0.5) is 11.7 Å². The van der Waals surface area contributed by atoms with Crippen molar-refractivity contribution in [2.45, 2.75) is 6.42 Å². The van der Waals surface area contributed by atoms with Gasteiger partial charge in [0.25, 0.3) is 5.91 Å². The molecule has 9 heteroatoms. The molecule has 0 unspecified atom stereocenters. The van der Waals surface area contributed by atoms with Gasteiger partial charge in [-0.25, -0.2) is 0 Å². The fourth-order valence-electron chi connectivity index (χ4n) is 3.40. The molecule has 0 bridgehead atoms. The molecule has 1 aliphatic rings. The maximum absolute atomic E-state index is 12.4. The van der Waals surface area contributed by atoms with Gasteiger partial charge in [0.1, 0.15) is 5.75 Å². The molecule has 1 aromatic heterocycles. The molecule has 0 aliphatic carbocycles. The van der Waals surface area contributed by atoms with Crippen molar-refractivity contribution < 1.29 is 18.7 Å². The highest BCUT2D eigenvalue weighted by molar-refractivity contribution is 6.04. The zero-order valence-electron chi connectivity index (χ0n) is 18.0. The van der Waals surface area contributed by atoms with Gasteiger partial charge < -0.3 is 24.5 Å². The van der Waals surface area contributed by atoms with Crippen LogP contribution in [0.3, 0.4) is 0 Å². The number of anilines is 2. The Hall–Kier alpha value is -3.43. The molecule has 0 atom stereocenters. The second-order valence-electron chi connectivity index (χ2n) is 7.41. The number of carbonyl (C=O) groups is 1. The Balaban J connectivity index is 1.27. The molecule has 2 heterocycles. The monoisotopic (exact) mass is 437 g/mol. The van der Waals surface area contributed by atoms with E-state index >= 15 is 0 Å². The third-order valence-electron chi connectivity index (χ3n) is 5.18. The third-order valence-corrected chi connectivity index (χ3v) is 5.18. The molecular weight excluding hydrogens is 410 g/mol. The van der Waals surface area contributed by atoms with Crippen molar-refractivity contribution in [3.63, 3.8) is 0 Å². The van der Waals surface area contributed by atoms with E-state index in [-0.39, 0.29) is 5.91 Å². The zero-order chi connectivity index (χ0) is 22.2. The van der Waals surface area contributed by atoms with Crippen LogP contribution in [-0.2, 0) is 4.74 Å². The van der Waals surface area contributed by atoms with Crippen molar-refractivity contribution in [2.75, 3.05) is 57.1 Å². The number of methoxy groups -OCH3 is 1. The molecule has 1 amide bonds. The fourth-order valence-corrected chi connectivity index (χ4v) is 3.40. The van der Waals surface area contributed by atoms with Crippen LogP contribution in [0.1, 0.15) is 16.8 Å². The highest BCUT2D eigenvalue weighted by atomic mass is 16.5. The normalized spacial score (nSPS) is 14.2. The molecule has 32 heavy (non-hydrogen) atoms. The number of morpholine rings is 1. The molecule has 2 aromatic carbocycles. The minimum Gasteiger partial charge on any atom is -0.497 e. The Labute approximate surface area is 186 Å². The SMILES string of the molecule is COc1cccc(C(=O)Nc2ccc(-c3nnc(NCCCN4CCOCC4)o3)cc2)c1. The van der Waals surface area contributed by atoms with Crippen LogP contribution >= 0.6 is 0 Å². The topological polar surface area (TPSA) is 102 Å². The highest BCUT2D eigenvalue weighted by Crippen LogP contribution is 2.22. The molecule has 1 fully saturated rings. The minimum atomic E-state index is -0.210. The van der Waals surface area contributed by atoms with Crippen LogP contribution in [0, 0.1) is 0 Å². The van der Waals surface area contributed by atoms with Crippen molar-refractivity contribution >= 4 is 17.6 Å². The van der Waals surface area contributed by atoms with Gasteiger partial charge in [-0.15, -0.1) is 5.10 Å². The summed E-state index contributed by atoms with van der Waals surface area (Å²) in [5.74, 6) is 0.847. The summed E-state index contributed by atoms with van der Waals surface area (Å²) in [5, 5.41) is 14.2. The zero-order valence-corrected chi connectivity index (χ0v) is 18.0. The van der Waals surface area contributed by atoms with Gasteiger partial charge in [-0.1, -0.05) is 11.2 Å². The summed E-state index contributed by atoms with van der Waals surface area (Å²) >= 11 is 0. The van der Waals surface area contributed by atoms with Crippen LogP contribution in [0.15, 0.2) is 52.9 Å². The number of carbonyl (C=O) groups excluding carboxylic acids is 1. The van der Waals surface area contributed by atoms with E-state index in [2.05, 4.69) is 25.7 Å². The first-order valence-electron chi connectivity index (χ1n) is 10.6. The second kappa shape index (κ2) is 10.7. The number of amides is 1. The third kappa shape index (κ3) is 5.83. The lowest BCUT2D eigenvalue weighted by Crippen LogP contribution is -2.37. The van der Waals surface area contributed by atoms with Gasteiger partial charge in [-0.3, -0.25) is 9.69 Å². The predicted octanol–water partition coefficient (Wildman–Crippen LogP) is 3.13. The van der Waals surface area contributed by atoms with Crippen LogP contribution in [-0.4, -0.2) is 67.5 Å². The van der Waals surface area contributed by atoms with E-state index in [0.717, 1.165) is 51.4 Å². The Morgan fingerprint density at radius 3 is 2.72 bits per heavy atom. The number of hydrogen-bond donors (Lipinski definition) is 2. The standard InChI is InChI=1S/C23H27N5O4/c1-30-20-5-2-4-18(16-20)21(29)25-19-8-6-17(7-9-19)22-26-27-23(32-22)24-10-3-11-28-12-14-31-15-13-28/h2,4-9,16H,3,10-15H2,1H3,(H,24,27)(H,25,29). The van der Waals surface area contributed by atoms with E-state index in [1.807, 2.05) is 12.1 Å². The van der Waals surface area contributed by atoms with E-state index in [0.29, 0.717) is 28.9 Å². The Bertz CT molecular complexity index is 1020. The number of hydrogen-bond acceptors (Lipinski definition) is 8. The maximum Gasteiger partial charge on any atom is 0.315 e. The highest BCUT2D eigenvalue weighted by Gasteiger charge is 2.12. The summed E-state index contributed by atoms with van der Waals surface area (Å²) in [7, 11) is 1.57. The fraction of sp³-hybridized carbons (Fsp3) is 0.348. The van der Waals surface area contributed by atoms with Gasteiger partial charge in [0.2, 0.25) is 5.89 Å². The smallest absolute Gasteiger partial charge is 0.315 e. The quantitative estimate of drug-likeness (QED) is 0.493. The van der Waals surface area contributed by atoms with Gasteiger partial charge in [-0.05, 0) is 55.4 Å². The lowest BCUT2D eigenvalue weighted by atomic mass is 10.1. The summed E-state index contributed by atoms with van der Waals surface area (Å²) in [6.45, 7) is 5.36.